The second kappa shape index (κ2) is 3.85. The van der Waals surface area contributed by atoms with Gasteiger partial charge in [-0.15, -0.1) is 5.10 Å². The van der Waals surface area contributed by atoms with Crippen molar-refractivity contribution in [3.05, 3.63) is 34.6 Å². The number of halogens is 1. The van der Waals surface area contributed by atoms with Gasteiger partial charge in [0.1, 0.15) is 0 Å². The first kappa shape index (κ1) is 9.29. The van der Waals surface area contributed by atoms with Crippen molar-refractivity contribution in [3.8, 4) is 5.69 Å². The molecular formula is C8H8BrN5. The van der Waals surface area contributed by atoms with Crippen LogP contribution in [0.2, 0.25) is 0 Å². The van der Waals surface area contributed by atoms with Crippen LogP contribution in [0.1, 0.15) is 5.82 Å². The summed E-state index contributed by atoms with van der Waals surface area (Å²) in [5, 5.41) is 11.2. The fourth-order valence-corrected chi connectivity index (χ4v) is 1.60. The molecule has 6 heteroatoms. The van der Waals surface area contributed by atoms with Gasteiger partial charge in [-0.25, -0.2) is 0 Å². The summed E-state index contributed by atoms with van der Waals surface area (Å²) in [5.41, 5.74) is 6.39. The van der Waals surface area contributed by atoms with Gasteiger partial charge in [0.05, 0.1) is 12.2 Å². The summed E-state index contributed by atoms with van der Waals surface area (Å²) < 4.78 is 2.55. The summed E-state index contributed by atoms with van der Waals surface area (Å²) in [6.07, 6.45) is 0. The van der Waals surface area contributed by atoms with E-state index in [-0.39, 0.29) is 0 Å². The minimum atomic E-state index is 0.314. The van der Waals surface area contributed by atoms with Crippen LogP contribution >= 0.6 is 15.9 Å². The zero-order valence-corrected chi connectivity index (χ0v) is 8.85. The zero-order valence-electron chi connectivity index (χ0n) is 7.26. The Labute approximate surface area is 89.0 Å². The average molecular weight is 254 g/mol. The van der Waals surface area contributed by atoms with Crippen LogP contribution in [0.3, 0.4) is 0 Å². The van der Waals surface area contributed by atoms with Gasteiger partial charge in [-0.05, 0) is 38.5 Å². The first-order chi connectivity index (χ1) is 6.83. The van der Waals surface area contributed by atoms with E-state index in [2.05, 4.69) is 31.5 Å². The Balaban J connectivity index is 2.54. The molecule has 2 aromatic rings. The van der Waals surface area contributed by atoms with Crippen LogP contribution in [0, 0.1) is 0 Å². The number of rotatable bonds is 2. The lowest BCUT2D eigenvalue weighted by Gasteiger charge is -2.04. The molecular weight excluding hydrogens is 246 g/mol. The van der Waals surface area contributed by atoms with Crippen LogP contribution in [0.5, 0.6) is 0 Å². The average Bonchev–Trinajstić information content (AvgIpc) is 2.66. The zero-order chi connectivity index (χ0) is 9.97. The highest BCUT2D eigenvalue weighted by Crippen LogP contribution is 2.19. The SMILES string of the molecule is NCc1nnnn1-c1ccccc1Br. The van der Waals surface area contributed by atoms with E-state index in [1.807, 2.05) is 24.3 Å². The van der Waals surface area contributed by atoms with Crippen LogP contribution in [0.25, 0.3) is 5.69 Å². The number of nitrogens with zero attached hydrogens (tertiary/aromatic N) is 4. The van der Waals surface area contributed by atoms with Gasteiger partial charge in [-0.1, -0.05) is 12.1 Å². The van der Waals surface area contributed by atoms with Crippen molar-refractivity contribution in [2.45, 2.75) is 6.54 Å². The maximum atomic E-state index is 5.50. The molecule has 1 aromatic carbocycles. The fourth-order valence-electron chi connectivity index (χ4n) is 1.14. The normalized spacial score (nSPS) is 10.4. The smallest absolute Gasteiger partial charge is 0.170 e. The Kier molecular flexibility index (Phi) is 2.55. The third kappa shape index (κ3) is 1.53. The molecule has 0 amide bonds. The molecule has 5 nitrogen and oxygen atoms in total. The molecule has 0 bridgehead atoms. The molecule has 0 radical (unpaired) electrons. The monoisotopic (exact) mass is 253 g/mol. The van der Waals surface area contributed by atoms with Gasteiger partial charge in [0, 0.05) is 4.47 Å². The highest BCUT2D eigenvalue weighted by Gasteiger charge is 2.08. The Bertz CT molecular complexity index is 439. The third-order valence-corrected chi connectivity index (χ3v) is 2.47. The van der Waals surface area contributed by atoms with Gasteiger partial charge in [0.2, 0.25) is 0 Å². The maximum absolute atomic E-state index is 5.50. The van der Waals surface area contributed by atoms with E-state index in [1.54, 1.807) is 4.68 Å². The number of tetrazole rings is 1. The number of hydrogen-bond acceptors (Lipinski definition) is 4. The lowest BCUT2D eigenvalue weighted by molar-refractivity contribution is 0.759. The van der Waals surface area contributed by atoms with Gasteiger partial charge in [-0.3, -0.25) is 0 Å². The minimum Gasteiger partial charge on any atom is -0.324 e. The Morgan fingerprint density at radius 2 is 2.14 bits per heavy atom. The molecule has 0 atom stereocenters. The van der Waals surface area contributed by atoms with E-state index < -0.39 is 0 Å². The first-order valence-corrected chi connectivity index (χ1v) is 4.84. The molecule has 0 saturated carbocycles. The lowest BCUT2D eigenvalue weighted by Crippen LogP contribution is -2.08. The number of aromatic nitrogens is 4. The van der Waals surface area contributed by atoms with Crippen LogP contribution in [0.15, 0.2) is 28.7 Å². The lowest BCUT2D eigenvalue weighted by atomic mass is 10.3. The molecule has 0 aliphatic carbocycles. The second-order valence-electron chi connectivity index (χ2n) is 2.66. The van der Waals surface area contributed by atoms with Crippen molar-refractivity contribution in [2.24, 2.45) is 5.73 Å². The second-order valence-corrected chi connectivity index (χ2v) is 3.52. The summed E-state index contributed by atoms with van der Waals surface area (Å²) >= 11 is 3.42. The quantitative estimate of drug-likeness (QED) is 0.863. The van der Waals surface area contributed by atoms with E-state index in [4.69, 9.17) is 5.73 Å². The van der Waals surface area contributed by atoms with Gasteiger partial charge < -0.3 is 5.73 Å². The largest absolute Gasteiger partial charge is 0.324 e. The van der Waals surface area contributed by atoms with Crippen LogP contribution in [-0.2, 0) is 6.54 Å². The molecule has 2 rings (SSSR count). The summed E-state index contributed by atoms with van der Waals surface area (Å²) in [7, 11) is 0. The number of benzene rings is 1. The molecule has 0 unspecified atom stereocenters. The Hall–Kier alpha value is -1.27. The fraction of sp³-hybridized carbons (Fsp3) is 0.125. The number of hydrogen-bond donors (Lipinski definition) is 1. The van der Waals surface area contributed by atoms with Gasteiger partial charge in [-0.2, -0.15) is 4.68 Å². The molecule has 1 aromatic heterocycles. The Morgan fingerprint density at radius 3 is 2.86 bits per heavy atom. The highest BCUT2D eigenvalue weighted by atomic mass is 79.9. The summed E-state index contributed by atoms with van der Waals surface area (Å²) in [5.74, 6) is 0.636. The molecule has 0 saturated heterocycles. The number of para-hydroxylation sites is 1. The van der Waals surface area contributed by atoms with Crippen molar-refractivity contribution in [1.29, 1.82) is 0 Å². The number of nitrogens with two attached hydrogens (primary N) is 1. The molecule has 1 heterocycles. The first-order valence-electron chi connectivity index (χ1n) is 4.05. The molecule has 0 aliphatic heterocycles. The summed E-state index contributed by atoms with van der Waals surface area (Å²) in [4.78, 5) is 0. The van der Waals surface area contributed by atoms with Crippen molar-refractivity contribution < 1.29 is 0 Å². The summed E-state index contributed by atoms with van der Waals surface area (Å²) in [6, 6.07) is 7.69. The van der Waals surface area contributed by atoms with E-state index in [1.165, 1.54) is 0 Å². The van der Waals surface area contributed by atoms with Crippen molar-refractivity contribution in [1.82, 2.24) is 20.2 Å². The molecule has 2 N–H and O–H groups in total. The van der Waals surface area contributed by atoms with E-state index in [9.17, 15) is 0 Å². The minimum absolute atomic E-state index is 0.314. The van der Waals surface area contributed by atoms with E-state index >= 15 is 0 Å². The van der Waals surface area contributed by atoms with Crippen molar-refractivity contribution >= 4 is 15.9 Å². The summed E-state index contributed by atoms with van der Waals surface area (Å²) in [6.45, 7) is 0.314. The third-order valence-electron chi connectivity index (χ3n) is 1.80. The standard InChI is InChI=1S/C8H8BrN5/c9-6-3-1-2-4-7(6)14-8(5-10)11-12-13-14/h1-4H,5,10H2. The van der Waals surface area contributed by atoms with Crippen molar-refractivity contribution in [3.63, 3.8) is 0 Å². The highest BCUT2D eigenvalue weighted by molar-refractivity contribution is 9.10. The maximum Gasteiger partial charge on any atom is 0.170 e. The van der Waals surface area contributed by atoms with E-state index in [0.717, 1.165) is 10.2 Å². The van der Waals surface area contributed by atoms with Crippen LogP contribution < -0.4 is 5.73 Å². The molecule has 0 spiro atoms. The van der Waals surface area contributed by atoms with E-state index in [0.29, 0.717) is 12.4 Å². The molecule has 72 valence electrons. The van der Waals surface area contributed by atoms with Gasteiger partial charge >= 0.3 is 0 Å². The van der Waals surface area contributed by atoms with Crippen LogP contribution in [-0.4, -0.2) is 20.2 Å². The van der Waals surface area contributed by atoms with Gasteiger partial charge in [0.25, 0.3) is 0 Å². The van der Waals surface area contributed by atoms with Gasteiger partial charge in [0.15, 0.2) is 5.82 Å². The molecule has 0 aliphatic rings. The topological polar surface area (TPSA) is 69.6 Å². The predicted molar refractivity (Wildman–Crippen MR) is 54.7 cm³/mol. The molecule has 0 fully saturated rings. The van der Waals surface area contributed by atoms with Crippen LogP contribution in [0.4, 0.5) is 0 Å². The predicted octanol–water partition coefficient (Wildman–Crippen LogP) is 0.883. The Morgan fingerprint density at radius 1 is 1.36 bits per heavy atom. The molecule has 14 heavy (non-hydrogen) atoms. The van der Waals surface area contributed by atoms with Crippen molar-refractivity contribution in [2.75, 3.05) is 0 Å².